The maximum Gasteiger partial charge on any atom is 0.258 e. The molecule has 0 atom stereocenters. The Hall–Kier alpha value is -3.06. The summed E-state index contributed by atoms with van der Waals surface area (Å²) < 4.78 is 16.2. The van der Waals surface area contributed by atoms with Crippen molar-refractivity contribution in [2.75, 3.05) is 21.3 Å². The highest BCUT2D eigenvalue weighted by Crippen LogP contribution is 2.40. The number of pyridine rings is 1. The molecule has 0 saturated carbocycles. The largest absolute Gasteiger partial charge is 0.493 e. The first-order chi connectivity index (χ1) is 13.7. The summed E-state index contributed by atoms with van der Waals surface area (Å²) >= 11 is 1.60. The molecule has 3 rings (SSSR count). The second-order valence-corrected chi connectivity index (χ2v) is 6.78. The normalized spacial score (nSPS) is 10.4. The molecular weight excluding hydrogens is 376 g/mol. The first-order valence-electron chi connectivity index (χ1n) is 8.67. The number of nitrogens with zero attached hydrogens (tertiary/aromatic N) is 2. The first-order valence-corrected chi connectivity index (χ1v) is 9.61. The summed E-state index contributed by atoms with van der Waals surface area (Å²) in [7, 11) is 4.57. The van der Waals surface area contributed by atoms with Gasteiger partial charge in [-0.3, -0.25) is 9.78 Å². The van der Waals surface area contributed by atoms with Crippen molar-refractivity contribution in [1.82, 2.24) is 9.88 Å². The van der Waals surface area contributed by atoms with E-state index in [2.05, 4.69) is 4.98 Å². The lowest BCUT2D eigenvalue weighted by Crippen LogP contribution is -2.30. The van der Waals surface area contributed by atoms with E-state index in [-0.39, 0.29) is 5.91 Å². The number of carbonyl (C=O) groups excluding carboxylic acids is 1. The number of hydrogen-bond donors (Lipinski definition) is 0. The van der Waals surface area contributed by atoms with E-state index in [1.807, 2.05) is 35.0 Å². The van der Waals surface area contributed by atoms with Crippen molar-refractivity contribution in [2.24, 2.45) is 0 Å². The van der Waals surface area contributed by atoms with Crippen molar-refractivity contribution in [1.29, 1.82) is 0 Å². The van der Waals surface area contributed by atoms with Crippen LogP contribution in [0.3, 0.4) is 0 Å². The standard InChI is InChI=1S/C21H22N2O4S/c1-25-18-8-7-17(19(26-2)20(18)27-3)21(24)23(12-15-9-11-28-14-15)13-16-6-4-5-10-22-16/h4-11,14H,12-13H2,1-3H3. The van der Waals surface area contributed by atoms with Gasteiger partial charge in [-0.25, -0.2) is 0 Å². The number of hydrogen-bond acceptors (Lipinski definition) is 6. The Labute approximate surface area is 168 Å². The molecule has 0 aliphatic heterocycles. The monoisotopic (exact) mass is 398 g/mol. The van der Waals surface area contributed by atoms with Gasteiger partial charge < -0.3 is 19.1 Å². The van der Waals surface area contributed by atoms with Crippen LogP contribution in [0.5, 0.6) is 17.2 Å². The second kappa shape index (κ2) is 9.23. The van der Waals surface area contributed by atoms with E-state index >= 15 is 0 Å². The Balaban J connectivity index is 1.98. The Morgan fingerprint density at radius 1 is 1.00 bits per heavy atom. The summed E-state index contributed by atoms with van der Waals surface area (Å²) in [4.78, 5) is 19.6. The van der Waals surface area contributed by atoms with E-state index < -0.39 is 0 Å². The van der Waals surface area contributed by atoms with Gasteiger partial charge in [-0.1, -0.05) is 6.07 Å². The van der Waals surface area contributed by atoms with Gasteiger partial charge in [0.1, 0.15) is 0 Å². The molecule has 0 saturated heterocycles. The fourth-order valence-electron chi connectivity index (χ4n) is 2.93. The number of rotatable bonds is 8. The third kappa shape index (κ3) is 4.26. The summed E-state index contributed by atoms with van der Waals surface area (Å²) in [6, 6.07) is 11.1. The van der Waals surface area contributed by atoms with Gasteiger partial charge in [0.05, 0.1) is 39.1 Å². The van der Waals surface area contributed by atoms with Crippen LogP contribution in [0.15, 0.2) is 53.4 Å². The summed E-state index contributed by atoms with van der Waals surface area (Å²) in [6.07, 6.45) is 1.72. The van der Waals surface area contributed by atoms with E-state index in [1.165, 1.54) is 14.2 Å². The Kier molecular flexibility index (Phi) is 6.49. The molecule has 0 aliphatic rings. The van der Waals surface area contributed by atoms with E-state index in [0.717, 1.165) is 11.3 Å². The number of ether oxygens (including phenoxy) is 3. The fraction of sp³-hybridized carbons (Fsp3) is 0.238. The topological polar surface area (TPSA) is 60.9 Å². The summed E-state index contributed by atoms with van der Waals surface area (Å²) in [5.41, 5.74) is 2.28. The fourth-order valence-corrected chi connectivity index (χ4v) is 3.59. The Morgan fingerprint density at radius 3 is 2.43 bits per heavy atom. The molecule has 0 radical (unpaired) electrons. The smallest absolute Gasteiger partial charge is 0.258 e. The lowest BCUT2D eigenvalue weighted by Gasteiger charge is -2.24. The van der Waals surface area contributed by atoms with E-state index in [9.17, 15) is 4.79 Å². The van der Waals surface area contributed by atoms with Crippen molar-refractivity contribution in [2.45, 2.75) is 13.1 Å². The van der Waals surface area contributed by atoms with Gasteiger partial charge in [-0.15, -0.1) is 0 Å². The molecule has 0 bridgehead atoms. The molecule has 0 spiro atoms. The molecule has 0 fully saturated rings. The SMILES string of the molecule is COc1ccc(C(=O)N(Cc2ccsc2)Cc2ccccn2)c(OC)c1OC. The predicted molar refractivity (Wildman–Crippen MR) is 108 cm³/mol. The molecule has 0 N–H and O–H groups in total. The van der Waals surface area contributed by atoms with Gasteiger partial charge in [-0.05, 0) is 46.7 Å². The average molecular weight is 398 g/mol. The number of aromatic nitrogens is 1. The third-order valence-electron chi connectivity index (χ3n) is 4.25. The van der Waals surface area contributed by atoms with Crippen molar-refractivity contribution in [3.63, 3.8) is 0 Å². The van der Waals surface area contributed by atoms with Crippen LogP contribution < -0.4 is 14.2 Å². The number of benzene rings is 1. The average Bonchev–Trinajstić information content (AvgIpc) is 3.25. The maximum atomic E-state index is 13.4. The van der Waals surface area contributed by atoms with Gasteiger partial charge in [0.15, 0.2) is 11.5 Å². The highest BCUT2D eigenvalue weighted by Gasteiger charge is 2.25. The lowest BCUT2D eigenvalue weighted by atomic mass is 10.1. The minimum atomic E-state index is -0.172. The molecule has 0 unspecified atom stereocenters. The van der Waals surface area contributed by atoms with E-state index in [1.54, 1.807) is 41.7 Å². The number of thiophene rings is 1. The molecule has 6 nitrogen and oxygen atoms in total. The predicted octanol–water partition coefficient (Wildman–Crippen LogP) is 4.01. The van der Waals surface area contributed by atoms with Crippen LogP contribution in [-0.4, -0.2) is 37.1 Å². The number of amides is 1. The zero-order valence-electron chi connectivity index (χ0n) is 16.0. The molecule has 2 heterocycles. The second-order valence-electron chi connectivity index (χ2n) is 6.00. The highest BCUT2D eigenvalue weighted by molar-refractivity contribution is 7.07. The van der Waals surface area contributed by atoms with Gasteiger partial charge >= 0.3 is 0 Å². The van der Waals surface area contributed by atoms with Gasteiger partial charge in [0, 0.05) is 12.7 Å². The van der Waals surface area contributed by atoms with Crippen LogP contribution in [0, 0.1) is 0 Å². The van der Waals surface area contributed by atoms with E-state index in [4.69, 9.17) is 14.2 Å². The zero-order valence-corrected chi connectivity index (χ0v) is 16.9. The molecular formula is C21H22N2O4S. The van der Waals surface area contributed by atoms with Gasteiger partial charge in [0.25, 0.3) is 5.91 Å². The maximum absolute atomic E-state index is 13.4. The first kappa shape index (κ1) is 19.7. The van der Waals surface area contributed by atoms with Crippen molar-refractivity contribution in [3.8, 4) is 17.2 Å². The quantitative estimate of drug-likeness (QED) is 0.574. The third-order valence-corrected chi connectivity index (χ3v) is 4.99. The molecule has 7 heteroatoms. The van der Waals surface area contributed by atoms with Crippen LogP contribution in [0.4, 0.5) is 0 Å². The summed E-state index contributed by atoms with van der Waals surface area (Å²) in [5.74, 6) is 1.08. The Morgan fingerprint density at radius 2 is 1.82 bits per heavy atom. The minimum absolute atomic E-state index is 0.172. The highest BCUT2D eigenvalue weighted by atomic mass is 32.1. The van der Waals surface area contributed by atoms with Crippen molar-refractivity contribution < 1.29 is 19.0 Å². The van der Waals surface area contributed by atoms with Crippen LogP contribution in [-0.2, 0) is 13.1 Å². The molecule has 0 aliphatic carbocycles. The Bertz CT molecular complexity index is 914. The molecule has 2 aromatic heterocycles. The summed E-state index contributed by atoms with van der Waals surface area (Å²) in [5, 5.41) is 4.03. The molecule has 28 heavy (non-hydrogen) atoms. The zero-order chi connectivity index (χ0) is 19.9. The molecule has 1 amide bonds. The van der Waals surface area contributed by atoms with Gasteiger partial charge in [0.2, 0.25) is 5.75 Å². The lowest BCUT2D eigenvalue weighted by molar-refractivity contribution is 0.0724. The van der Waals surface area contributed by atoms with Gasteiger partial charge in [-0.2, -0.15) is 11.3 Å². The van der Waals surface area contributed by atoms with Crippen LogP contribution >= 0.6 is 11.3 Å². The minimum Gasteiger partial charge on any atom is -0.493 e. The van der Waals surface area contributed by atoms with E-state index in [0.29, 0.717) is 35.9 Å². The molecule has 1 aromatic carbocycles. The number of methoxy groups -OCH3 is 3. The molecule has 146 valence electrons. The number of carbonyl (C=O) groups is 1. The molecule has 3 aromatic rings. The van der Waals surface area contributed by atoms with Crippen molar-refractivity contribution in [3.05, 3.63) is 70.2 Å². The summed E-state index contributed by atoms with van der Waals surface area (Å²) in [6.45, 7) is 0.851. The van der Waals surface area contributed by atoms with Crippen LogP contribution in [0.25, 0.3) is 0 Å². The van der Waals surface area contributed by atoms with Crippen LogP contribution in [0.1, 0.15) is 21.6 Å². The van der Waals surface area contributed by atoms with Crippen LogP contribution in [0.2, 0.25) is 0 Å². The van der Waals surface area contributed by atoms with Crippen molar-refractivity contribution >= 4 is 17.2 Å².